The van der Waals surface area contributed by atoms with Crippen LogP contribution < -0.4 is 5.32 Å². The maximum absolute atomic E-state index is 12.0. The second kappa shape index (κ2) is 10.9. The van der Waals surface area contributed by atoms with Crippen LogP contribution in [0.15, 0.2) is 60.7 Å². The zero-order valence-corrected chi connectivity index (χ0v) is 18.2. The number of fused-ring (bicyclic) bond motifs is 1. The van der Waals surface area contributed by atoms with Crippen molar-refractivity contribution < 1.29 is 38.4 Å². The van der Waals surface area contributed by atoms with Gasteiger partial charge in [0.1, 0.15) is 31.0 Å². The minimum atomic E-state index is -1.13. The van der Waals surface area contributed by atoms with E-state index in [1.165, 1.54) is 6.92 Å². The molecule has 33 heavy (non-hydrogen) atoms. The molecule has 6 atom stereocenters. The molecule has 0 saturated carbocycles. The van der Waals surface area contributed by atoms with Crippen molar-refractivity contribution in [3.8, 4) is 0 Å². The van der Waals surface area contributed by atoms with Gasteiger partial charge in [-0.15, -0.1) is 0 Å². The fourth-order valence-corrected chi connectivity index (χ4v) is 4.00. The fraction of sp³-hybridized carbons (Fsp3) is 0.417. The molecule has 2 fully saturated rings. The van der Waals surface area contributed by atoms with Crippen LogP contribution >= 0.6 is 0 Å². The standard InChI is InChI=1S/C24H27NO8/c1-15(26)25-20-22(29-14-19(27)28)21-18(13-31-23(33-21)17-10-6-3-7-11-17)32-24(20)30-12-16-8-4-2-5-9-16/h2-11,18,20-24H,12-14H2,1H3,(H,25,26)(H,27,28)/t18-,20-,21+,22+,23-,24+/m0/s1. The minimum Gasteiger partial charge on any atom is -0.480 e. The summed E-state index contributed by atoms with van der Waals surface area (Å²) in [5, 5.41) is 12.0. The quantitative estimate of drug-likeness (QED) is 0.619. The minimum absolute atomic E-state index is 0.190. The van der Waals surface area contributed by atoms with Gasteiger partial charge in [0.15, 0.2) is 12.6 Å². The Morgan fingerprint density at radius 3 is 2.39 bits per heavy atom. The summed E-state index contributed by atoms with van der Waals surface area (Å²) in [7, 11) is 0. The number of ether oxygens (including phenoxy) is 5. The summed E-state index contributed by atoms with van der Waals surface area (Å²) >= 11 is 0. The van der Waals surface area contributed by atoms with E-state index in [-0.39, 0.29) is 19.1 Å². The van der Waals surface area contributed by atoms with Gasteiger partial charge in [0.2, 0.25) is 5.91 Å². The molecule has 2 aliphatic heterocycles. The number of amides is 1. The van der Waals surface area contributed by atoms with E-state index in [2.05, 4.69) is 5.32 Å². The molecule has 0 spiro atoms. The van der Waals surface area contributed by atoms with E-state index >= 15 is 0 Å². The van der Waals surface area contributed by atoms with Gasteiger partial charge in [-0.3, -0.25) is 4.79 Å². The molecular weight excluding hydrogens is 430 g/mol. The predicted octanol–water partition coefficient (Wildman–Crippen LogP) is 2.02. The van der Waals surface area contributed by atoms with Gasteiger partial charge in [-0.1, -0.05) is 60.7 Å². The molecule has 2 aliphatic rings. The van der Waals surface area contributed by atoms with E-state index in [0.717, 1.165) is 11.1 Å². The fourth-order valence-electron chi connectivity index (χ4n) is 4.00. The van der Waals surface area contributed by atoms with E-state index in [4.69, 9.17) is 23.7 Å². The normalized spacial score (nSPS) is 29.1. The second-order valence-corrected chi connectivity index (χ2v) is 7.91. The lowest BCUT2D eigenvalue weighted by molar-refractivity contribution is -0.349. The van der Waals surface area contributed by atoms with Crippen LogP contribution in [0, 0.1) is 0 Å². The lowest BCUT2D eigenvalue weighted by Gasteiger charge is -2.49. The van der Waals surface area contributed by atoms with Crippen LogP contribution in [-0.4, -0.2) is 60.8 Å². The third-order valence-electron chi connectivity index (χ3n) is 5.44. The number of nitrogens with one attached hydrogen (secondary N) is 1. The van der Waals surface area contributed by atoms with Crippen LogP contribution in [-0.2, 0) is 39.9 Å². The maximum Gasteiger partial charge on any atom is 0.329 e. The van der Waals surface area contributed by atoms with Gasteiger partial charge < -0.3 is 34.1 Å². The zero-order valence-electron chi connectivity index (χ0n) is 18.2. The van der Waals surface area contributed by atoms with Crippen LogP contribution in [0.3, 0.4) is 0 Å². The van der Waals surface area contributed by atoms with Gasteiger partial charge in [0, 0.05) is 12.5 Å². The van der Waals surface area contributed by atoms with Crippen molar-refractivity contribution in [2.45, 2.75) is 50.5 Å². The van der Waals surface area contributed by atoms with Gasteiger partial charge >= 0.3 is 5.97 Å². The first-order valence-electron chi connectivity index (χ1n) is 10.7. The van der Waals surface area contributed by atoms with Gasteiger partial charge in [-0.25, -0.2) is 4.79 Å². The summed E-state index contributed by atoms with van der Waals surface area (Å²) in [4.78, 5) is 23.3. The molecule has 2 N–H and O–H groups in total. The van der Waals surface area contributed by atoms with Crippen molar-refractivity contribution in [2.24, 2.45) is 0 Å². The van der Waals surface area contributed by atoms with Crippen molar-refractivity contribution in [1.82, 2.24) is 5.32 Å². The number of carboxylic acid groups (broad SMARTS) is 1. The Morgan fingerprint density at radius 1 is 1.03 bits per heavy atom. The van der Waals surface area contributed by atoms with Crippen LogP contribution in [0.2, 0.25) is 0 Å². The molecule has 4 rings (SSSR count). The molecule has 2 aromatic rings. The van der Waals surface area contributed by atoms with Gasteiger partial charge in [0.05, 0.1) is 13.2 Å². The third kappa shape index (κ3) is 5.95. The van der Waals surface area contributed by atoms with E-state index in [1.807, 2.05) is 60.7 Å². The average molecular weight is 457 g/mol. The maximum atomic E-state index is 12.0. The number of carbonyl (C=O) groups excluding carboxylic acids is 1. The molecule has 2 heterocycles. The number of hydrogen-bond donors (Lipinski definition) is 2. The summed E-state index contributed by atoms with van der Waals surface area (Å²) in [6.45, 7) is 1.23. The number of rotatable bonds is 8. The number of benzene rings is 2. The largest absolute Gasteiger partial charge is 0.480 e. The molecule has 0 aromatic heterocycles. The molecule has 1 amide bonds. The summed E-state index contributed by atoms with van der Waals surface area (Å²) in [6, 6.07) is 18.1. The highest BCUT2D eigenvalue weighted by Gasteiger charge is 2.51. The summed E-state index contributed by atoms with van der Waals surface area (Å²) in [5.41, 5.74) is 1.74. The zero-order chi connectivity index (χ0) is 23.2. The lowest BCUT2D eigenvalue weighted by atomic mass is 9.95. The molecule has 0 bridgehead atoms. The molecular formula is C24H27NO8. The van der Waals surface area contributed by atoms with Gasteiger partial charge in [-0.2, -0.15) is 0 Å². The van der Waals surface area contributed by atoms with Crippen LogP contribution in [0.1, 0.15) is 24.3 Å². The Bertz CT molecular complexity index is 925. The molecule has 9 nitrogen and oxygen atoms in total. The van der Waals surface area contributed by atoms with Crippen molar-refractivity contribution in [2.75, 3.05) is 13.2 Å². The summed E-state index contributed by atoms with van der Waals surface area (Å²) < 4.78 is 29.9. The van der Waals surface area contributed by atoms with Gasteiger partial charge in [0.25, 0.3) is 0 Å². The molecule has 2 saturated heterocycles. The highest BCUT2D eigenvalue weighted by Crippen LogP contribution is 2.35. The summed E-state index contributed by atoms with van der Waals surface area (Å²) in [6.07, 6.45) is -3.66. The Labute approximate surface area is 191 Å². The first-order valence-corrected chi connectivity index (χ1v) is 10.7. The lowest BCUT2D eigenvalue weighted by Crippen LogP contribution is -2.67. The van der Waals surface area contributed by atoms with Crippen molar-refractivity contribution in [3.63, 3.8) is 0 Å². The monoisotopic (exact) mass is 457 g/mol. The van der Waals surface area contributed by atoms with E-state index in [1.54, 1.807) is 0 Å². The Kier molecular flexibility index (Phi) is 7.69. The molecule has 0 radical (unpaired) electrons. The van der Waals surface area contributed by atoms with Crippen LogP contribution in [0.5, 0.6) is 0 Å². The predicted molar refractivity (Wildman–Crippen MR) is 115 cm³/mol. The molecule has 0 unspecified atom stereocenters. The highest BCUT2D eigenvalue weighted by atomic mass is 16.8. The Balaban J connectivity index is 1.56. The smallest absolute Gasteiger partial charge is 0.329 e. The van der Waals surface area contributed by atoms with E-state index in [9.17, 15) is 14.7 Å². The number of carbonyl (C=O) groups is 2. The first kappa shape index (κ1) is 23.3. The van der Waals surface area contributed by atoms with Crippen LogP contribution in [0.25, 0.3) is 0 Å². The van der Waals surface area contributed by atoms with Crippen molar-refractivity contribution in [1.29, 1.82) is 0 Å². The number of carboxylic acids is 1. The molecule has 2 aromatic carbocycles. The van der Waals surface area contributed by atoms with Crippen molar-refractivity contribution in [3.05, 3.63) is 71.8 Å². The van der Waals surface area contributed by atoms with E-state index in [0.29, 0.717) is 0 Å². The highest BCUT2D eigenvalue weighted by molar-refractivity contribution is 5.73. The third-order valence-corrected chi connectivity index (χ3v) is 5.44. The summed E-state index contributed by atoms with van der Waals surface area (Å²) in [5.74, 6) is -1.46. The molecule has 176 valence electrons. The first-order chi connectivity index (χ1) is 16.0. The number of aliphatic carboxylic acids is 1. The van der Waals surface area contributed by atoms with E-state index < -0.39 is 49.5 Å². The second-order valence-electron chi connectivity index (χ2n) is 7.91. The van der Waals surface area contributed by atoms with Crippen molar-refractivity contribution >= 4 is 11.9 Å². The number of hydrogen-bond acceptors (Lipinski definition) is 7. The SMILES string of the molecule is CC(=O)N[C@@H]1[C@H](OCc2ccccc2)O[C@H]2CO[C@H](c3ccccc3)O[C@H]2[C@@H]1OCC(=O)O. The average Bonchev–Trinajstić information content (AvgIpc) is 2.82. The Morgan fingerprint density at radius 2 is 1.73 bits per heavy atom. The molecule has 9 heteroatoms. The van der Waals surface area contributed by atoms with Crippen LogP contribution in [0.4, 0.5) is 0 Å². The Hall–Kier alpha value is -2.82. The molecule has 0 aliphatic carbocycles. The van der Waals surface area contributed by atoms with Gasteiger partial charge in [-0.05, 0) is 5.56 Å². The topological polar surface area (TPSA) is 113 Å².